The summed E-state index contributed by atoms with van der Waals surface area (Å²) < 4.78 is 0. The summed E-state index contributed by atoms with van der Waals surface area (Å²) in [6.45, 7) is 0. The van der Waals surface area contributed by atoms with E-state index in [1.807, 2.05) is 79.0 Å². The second-order valence-electron chi connectivity index (χ2n) is 13.3. The lowest BCUT2D eigenvalue weighted by Crippen LogP contribution is -2.04. The second kappa shape index (κ2) is 12.6. The van der Waals surface area contributed by atoms with E-state index in [0.29, 0.717) is 16.7 Å². The highest BCUT2D eigenvalue weighted by Crippen LogP contribution is 2.37. The number of aromatic nitrogens is 6. The fourth-order valence-electron chi connectivity index (χ4n) is 7.20. The molecule has 0 amide bonds. The number of nitrogens with zero attached hydrogens (tertiary/aromatic N) is 4. The van der Waals surface area contributed by atoms with E-state index in [4.69, 9.17) is 15.0 Å². The maximum absolute atomic E-state index is 12.9. The minimum atomic E-state index is -0.206. The van der Waals surface area contributed by atoms with Gasteiger partial charge in [0.05, 0.1) is 27.8 Å². The summed E-state index contributed by atoms with van der Waals surface area (Å²) in [7, 11) is 0. The van der Waals surface area contributed by atoms with Crippen LogP contribution in [0.3, 0.4) is 0 Å². The van der Waals surface area contributed by atoms with E-state index in [9.17, 15) is 9.59 Å². The number of nitrogens with one attached hydrogen (secondary N) is 2. The lowest BCUT2D eigenvalue weighted by atomic mass is 9.94. The molecule has 10 aromatic rings. The SMILES string of the molecule is O=c1ccc2cc(-c3ccc4ncccc4c3)c(-c3cccc(-c4cnc5ccc(-c6cc7c(=O)cc[nH]c7nc6-c6ccccc6)cc5c4)c3)nc2[nH]1. The molecule has 0 aliphatic carbocycles. The molecule has 8 nitrogen and oxygen atoms in total. The van der Waals surface area contributed by atoms with Gasteiger partial charge in [-0.1, -0.05) is 66.7 Å². The van der Waals surface area contributed by atoms with Crippen molar-refractivity contribution in [2.45, 2.75) is 0 Å². The Bertz CT molecular complexity index is 3230. The first-order chi connectivity index (χ1) is 26.5. The highest BCUT2D eigenvalue weighted by molar-refractivity contribution is 5.96. The summed E-state index contributed by atoms with van der Waals surface area (Å²) in [6, 6.07) is 45.6. The third kappa shape index (κ3) is 5.50. The first-order valence-corrected chi connectivity index (χ1v) is 17.5. The van der Waals surface area contributed by atoms with Gasteiger partial charge < -0.3 is 9.97 Å². The molecule has 0 spiro atoms. The Morgan fingerprint density at radius 3 is 2.06 bits per heavy atom. The lowest BCUT2D eigenvalue weighted by Gasteiger charge is -2.14. The van der Waals surface area contributed by atoms with Gasteiger partial charge in [-0.15, -0.1) is 0 Å². The molecule has 0 saturated heterocycles. The van der Waals surface area contributed by atoms with Crippen molar-refractivity contribution in [1.29, 1.82) is 0 Å². The molecular formula is C46H28N6O2. The normalized spacial score (nSPS) is 11.5. The molecule has 0 fully saturated rings. The van der Waals surface area contributed by atoms with Gasteiger partial charge in [0.1, 0.15) is 11.3 Å². The van der Waals surface area contributed by atoms with Gasteiger partial charge in [0.25, 0.3) is 0 Å². The molecule has 4 aromatic carbocycles. The van der Waals surface area contributed by atoms with Gasteiger partial charge in [-0.3, -0.25) is 19.6 Å². The zero-order chi connectivity index (χ0) is 36.2. The standard InChI is InChI=1S/C46H28N6O2/c53-41-17-19-48-46-38(41)25-37(43(52-46)27-6-2-1-3-7-27)30-12-15-40-34(22-30)23-35(26-49-40)28-8-4-9-32(20-28)44-36(24-33-13-16-42(54)50-45(33)51-44)29-11-14-39-31(21-29)10-5-18-47-39/h1-26H,(H,48,52,53)(H,50,51,54). The van der Waals surface area contributed by atoms with Crippen LogP contribution in [0.5, 0.6) is 0 Å². The smallest absolute Gasteiger partial charge is 0.249 e. The number of rotatable bonds is 5. The van der Waals surface area contributed by atoms with Crippen LogP contribution in [0.2, 0.25) is 0 Å². The Morgan fingerprint density at radius 1 is 0.463 bits per heavy atom. The van der Waals surface area contributed by atoms with Crippen molar-refractivity contribution >= 4 is 43.9 Å². The van der Waals surface area contributed by atoms with Gasteiger partial charge in [-0.25, -0.2) is 9.97 Å². The number of hydrogen-bond acceptors (Lipinski definition) is 6. The zero-order valence-corrected chi connectivity index (χ0v) is 28.6. The van der Waals surface area contributed by atoms with E-state index in [2.05, 4.69) is 63.5 Å². The van der Waals surface area contributed by atoms with Crippen molar-refractivity contribution in [2.24, 2.45) is 0 Å². The fraction of sp³-hybridized carbons (Fsp3) is 0. The number of pyridine rings is 6. The molecule has 10 rings (SSSR count). The third-order valence-electron chi connectivity index (χ3n) is 9.87. The molecule has 0 bridgehead atoms. The predicted octanol–water partition coefficient (Wildman–Crippen LogP) is 9.59. The fourth-order valence-corrected chi connectivity index (χ4v) is 7.20. The minimum Gasteiger partial charge on any atom is -0.346 e. The molecular weight excluding hydrogens is 669 g/mol. The molecule has 2 N–H and O–H groups in total. The van der Waals surface area contributed by atoms with Gasteiger partial charge in [-0.2, -0.15) is 0 Å². The molecule has 0 aliphatic heterocycles. The molecule has 0 saturated carbocycles. The van der Waals surface area contributed by atoms with Crippen LogP contribution in [-0.2, 0) is 0 Å². The van der Waals surface area contributed by atoms with E-state index < -0.39 is 0 Å². The van der Waals surface area contributed by atoms with Crippen LogP contribution in [0.15, 0.2) is 168 Å². The predicted molar refractivity (Wildman–Crippen MR) is 216 cm³/mol. The Hall–Kier alpha value is -7.58. The van der Waals surface area contributed by atoms with Crippen LogP contribution in [0.1, 0.15) is 0 Å². The molecule has 54 heavy (non-hydrogen) atoms. The van der Waals surface area contributed by atoms with Crippen LogP contribution >= 0.6 is 0 Å². The maximum Gasteiger partial charge on any atom is 0.249 e. The number of fused-ring (bicyclic) bond motifs is 4. The Kier molecular flexibility index (Phi) is 7.26. The topological polar surface area (TPSA) is 117 Å². The van der Waals surface area contributed by atoms with Crippen LogP contribution < -0.4 is 11.0 Å². The molecule has 8 heteroatoms. The van der Waals surface area contributed by atoms with Crippen LogP contribution in [0.4, 0.5) is 0 Å². The molecule has 0 unspecified atom stereocenters. The molecule has 6 heterocycles. The lowest BCUT2D eigenvalue weighted by molar-refractivity contribution is 1.23. The van der Waals surface area contributed by atoms with Gasteiger partial charge in [-0.05, 0) is 77.4 Å². The first-order valence-electron chi connectivity index (χ1n) is 17.5. The Balaban J connectivity index is 1.11. The van der Waals surface area contributed by atoms with Crippen molar-refractivity contribution < 1.29 is 0 Å². The largest absolute Gasteiger partial charge is 0.346 e. The van der Waals surface area contributed by atoms with E-state index in [0.717, 1.165) is 83.1 Å². The summed E-state index contributed by atoms with van der Waals surface area (Å²) in [4.78, 5) is 50.6. The van der Waals surface area contributed by atoms with E-state index in [1.54, 1.807) is 18.5 Å². The summed E-state index contributed by atoms with van der Waals surface area (Å²) in [5.41, 5.74) is 11.5. The van der Waals surface area contributed by atoms with Gasteiger partial charge in [0, 0.05) is 74.7 Å². The Labute approximate surface area is 307 Å². The van der Waals surface area contributed by atoms with Crippen molar-refractivity contribution in [3.8, 4) is 55.9 Å². The summed E-state index contributed by atoms with van der Waals surface area (Å²) >= 11 is 0. The van der Waals surface area contributed by atoms with Crippen LogP contribution in [-0.4, -0.2) is 29.9 Å². The zero-order valence-electron chi connectivity index (χ0n) is 28.6. The van der Waals surface area contributed by atoms with E-state index >= 15 is 0 Å². The van der Waals surface area contributed by atoms with Crippen LogP contribution in [0.25, 0.3) is 99.8 Å². The third-order valence-corrected chi connectivity index (χ3v) is 9.87. The van der Waals surface area contributed by atoms with Crippen molar-refractivity contribution in [1.82, 2.24) is 29.9 Å². The maximum atomic E-state index is 12.9. The highest BCUT2D eigenvalue weighted by atomic mass is 16.1. The number of H-pyrrole nitrogens is 2. The monoisotopic (exact) mass is 696 g/mol. The number of aromatic amines is 2. The summed E-state index contributed by atoms with van der Waals surface area (Å²) in [6.07, 6.45) is 5.31. The van der Waals surface area contributed by atoms with Crippen molar-refractivity contribution in [3.63, 3.8) is 0 Å². The van der Waals surface area contributed by atoms with E-state index in [1.165, 1.54) is 12.1 Å². The molecule has 0 atom stereocenters. The average molecular weight is 697 g/mol. The van der Waals surface area contributed by atoms with Crippen molar-refractivity contribution in [2.75, 3.05) is 0 Å². The van der Waals surface area contributed by atoms with Gasteiger partial charge >= 0.3 is 0 Å². The van der Waals surface area contributed by atoms with Gasteiger partial charge in [0.2, 0.25) is 5.56 Å². The van der Waals surface area contributed by atoms with Gasteiger partial charge in [0.15, 0.2) is 5.43 Å². The molecule has 0 aliphatic rings. The quantitative estimate of drug-likeness (QED) is 0.185. The molecule has 6 aromatic heterocycles. The molecule has 0 radical (unpaired) electrons. The average Bonchev–Trinajstić information content (AvgIpc) is 3.22. The first kappa shape index (κ1) is 31.2. The van der Waals surface area contributed by atoms with E-state index in [-0.39, 0.29) is 11.0 Å². The minimum absolute atomic E-state index is 0.0882. The second-order valence-corrected chi connectivity index (χ2v) is 13.3. The summed E-state index contributed by atoms with van der Waals surface area (Å²) in [5.74, 6) is 0. The number of hydrogen-bond donors (Lipinski definition) is 2. The van der Waals surface area contributed by atoms with Crippen LogP contribution in [0, 0.1) is 0 Å². The summed E-state index contributed by atoms with van der Waals surface area (Å²) in [5, 5.41) is 3.34. The highest BCUT2D eigenvalue weighted by Gasteiger charge is 2.16. The molecule has 254 valence electrons. The Morgan fingerprint density at radius 2 is 1.19 bits per heavy atom. The van der Waals surface area contributed by atoms with Crippen molar-refractivity contribution in [3.05, 3.63) is 179 Å². The number of benzene rings is 4.